The van der Waals surface area contributed by atoms with E-state index in [0.717, 1.165) is 0 Å². The predicted octanol–water partition coefficient (Wildman–Crippen LogP) is 8.42. The molecule has 0 aromatic heterocycles. The van der Waals surface area contributed by atoms with Crippen LogP contribution in [0.4, 0.5) is 22.7 Å². The Morgan fingerprint density at radius 3 is 0.786 bits per heavy atom. The highest BCUT2D eigenvalue weighted by molar-refractivity contribution is 8.76. The van der Waals surface area contributed by atoms with Crippen LogP contribution in [0.1, 0.15) is 83.1 Å². The molecule has 4 amide bonds. The van der Waals surface area contributed by atoms with Crippen LogP contribution in [0.5, 0.6) is 0 Å². The van der Waals surface area contributed by atoms with Gasteiger partial charge < -0.3 is 21.3 Å². The number of carbonyl (C=O) groups is 4. The molecule has 2 rings (SSSR count). The number of hydrogen-bond acceptors (Lipinski definition) is 6. The summed E-state index contributed by atoms with van der Waals surface area (Å²) in [5.41, 5.74) is -0.429. The number of nitrogens with one attached hydrogen (secondary N) is 4. The second-order valence-corrected chi connectivity index (χ2v) is 16.5. The molecule has 0 saturated carbocycles. The van der Waals surface area contributed by atoms with Gasteiger partial charge in [0, 0.05) is 21.7 Å². The third-order valence-electron chi connectivity index (χ3n) is 5.96. The summed E-state index contributed by atoms with van der Waals surface area (Å²) >= 11 is 0. The van der Waals surface area contributed by atoms with Crippen LogP contribution in [0, 0.1) is 21.7 Å². The number of carbonyl (C=O) groups excluding carboxylic acids is 4. The summed E-state index contributed by atoms with van der Waals surface area (Å²) < 4.78 is 0. The van der Waals surface area contributed by atoms with E-state index in [1.165, 1.54) is 21.6 Å². The van der Waals surface area contributed by atoms with Gasteiger partial charge in [-0.15, -0.1) is 0 Å². The van der Waals surface area contributed by atoms with E-state index in [9.17, 15) is 19.2 Å². The molecule has 8 nitrogen and oxygen atoms in total. The Balaban J connectivity index is 2.64. The molecule has 0 unspecified atom stereocenters. The van der Waals surface area contributed by atoms with Crippen molar-refractivity contribution in [3.63, 3.8) is 0 Å². The molecule has 230 valence electrons. The average molecular weight is 615 g/mol. The first kappa shape index (κ1) is 35.2. The van der Waals surface area contributed by atoms with Gasteiger partial charge >= 0.3 is 0 Å². The third kappa shape index (κ3) is 9.80. The zero-order valence-electron chi connectivity index (χ0n) is 26.9. The minimum absolute atomic E-state index is 0.176. The van der Waals surface area contributed by atoms with E-state index in [4.69, 9.17) is 0 Å². The quantitative estimate of drug-likeness (QED) is 0.233. The summed E-state index contributed by atoms with van der Waals surface area (Å²) in [5.74, 6) is -0.705. The Labute approximate surface area is 258 Å². The summed E-state index contributed by atoms with van der Waals surface area (Å²) in [6.45, 7) is 21.9. The minimum atomic E-state index is -0.645. The van der Waals surface area contributed by atoms with Crippen molar-refractivity contribution in [1.29, 1.82) is 0 Å². The van der Waals surface area contributed by atoms with Crippen LogP contribution in [-0.2, 0) is 19.2 Å². The van der Waals surface area contributed by atoms with Gasteiger partial charge in [0.25, 0.3) is 0 Å². The molecule has 0 aliphatic rings. The summed E-state index contributed by atoms with van der Waals surface area (Å²) in [6.07, 6.45) is 0. The van der Waals surface area contributed by atoms with Gasteiger partial charge in [0.1, 0.15) is 0 Å². The highest BCUT2D eigenvalue weighted by atomic mass is 33.1. The highest BCUT2D eigenvalue weighted by Crippen LogP contribution is 2.50. The van der Waals surface area contributed by atoms with Crippen LogP contribution < -0.4 is 21.3 Å². The number of rotatable bonds is 7. The smallest absolute Gasteiger partial charge is 0.229 e. The van der Waals surface area contributed by atoms with Gasteiger partial charge in [-0.25, -0.2) is 0 Å². The number of hydrogen-bond donors (Lipinski definition) is 4. The van der Waals surface area contributed by atoms with Gasteiger partial charge in [0.2, 0.25) is 23.6 Å². The average Bonchev–Trinajstić information content (AvgIpc) is 2.82. The SMILES string of the molecule is CC(C)(C)C(=O)Nc1cccc(NC(=O)C(C)(C)C)c1SSc1c(NC(=O)C(C)(C)C)cccc1NC(=O)C(C)(C)C. The van der Waals surface area contributed by atoms with Gasteiger partial charge in [-0.2, -0.15) is 0 Å². The van der Waals surface area contributed by atoms with E-state index >= 15 is 0 Å². The van der Waals surface area contributed by atoms with Gasteiger partial charge in [-0.1, -0.05) is 95.2 Å². The third-order valence-corrected chi connectivity index (χ3v) is 8.50. The van der Waals surface area contributed by atoms with Gasteiger partial charge in [0.15, 0.2) is 0 Å². The van der Waals surface area contributed by atoms with E-state index in [1.807, 2.05) is 83.1 Å². The molecule has 0 atom stereocenters. The van der Waals surface area contributed by atoms with Crippen LogP contribution in [-0.4, -0.2) is 23.6 Å². The first-order valence-corrected chi connectivity index (χ1v) is 16.0. The zero-order chi connectivity index (χ0) is 32.3. The molecule has 0 heterocycles. The lowest BCUT2D eigenvalue weighted by molar-refractivity contribution is -0.123. The van der Waals surface area contributed by atoms with Crippen LogP contribution in [0.2, 0.25) is 0 Å². The van der Waals surface area contributed by atoms with Crippen molar-refractivity contribution in [2.75, 3.05) is 21.3 Å². The van der Waals surface area contributed by atoms with E-state index in [2.05, 4.69) is 21.3 Å². The van der Waals surface area contributed by atoms with Gasteiger partial charge in [-0.05, 0) is 45.9 Å². The van der Waals surface area contributed by atoms with E-state index in [1.54, 1.807) is 36.4 Å². The second kappa shape index (κ2) is 13.1. The molecule has 2 aromatic rings. The van der Waals surface area contributed by atoms with Gasteiger partial charge in [-0.3, -0.25) is 19.2 Å². The van der Waals surface area contributed by atoms with Gasteiger partial charge in [0.05, 0.1) is 32.5 Å². The zero-order valence-corrected chi connectivity index (χ0v) is 28.5. The first-order chi connectivity index (χ1) is 19.0. The van der Waals surface area contributed by atoms with Crippen LogP contribution in [0.25, 0.3) is 0 Å². The molecular formula is C32H46N4O4S2. The Kier molecular flexibility index (Phi) is 11.0. The molecule has 10 heteroatoms. The Morgan fingerprint density at radius 2 is 0.619 bits per heavy atom. The largest absolute Gasteiger partial charge is 0.325 e. The molecular weight excluding hydrogens is 569 g/mol. The minimum Gasteiger partial charge on any atom is -0.325 e. The fourth-order valence-corrected chi connectivity index (χ4v) is 5.55. The molecule has 0 aliphatic heterocycles. The van der Waals surface area contributed by atoms with Crippen molar-refractivity contribution in [3.8, 4) is 0 Å². The molecule has 0 saturated heterocycles. The Morgan fingerprint density at radius 1 is 0.429 bits per heavy atom. The number of amides is 4. The lowest BCUT2D eigenvalue weighted by Gasteiger charge is -2.24. The van der Waals surface area contributed by atoms with Crippen LogP contribution in [0.3, 0.4) is 0 Å². The van der Waals surface area contributed by atoms with Crippen molar-refractivity contribution in [1.82, 2.24) is 0 Å². The normalized spacial score (nSPS) is 12.4. The fourth-order valence-electron chi connectivity index (χ4n) is 2.97. The Bertz CT molecular complexity index is 1150. The second-order valence-electron chi connectivity index (χ2n) is 14.3. The van der Waals surface area contributed by atoms with Crippen molar-refractivity contribution in [2.45, 2.75) is 92.9 Å². The molecule has 0 fully saturated rings. The highest BCUT2D eigenvalue weighted by Gasteiger charge is 2.28. The predicted molar refractivity (Wildman–Crippen MR) is 177 cm³/mol. The van der Waals surface area contributed by atoms with E-state index < -0.39 is 21.7 Å². The maximum absolute atomic E-state index is 13.0. The summed E-state index contributed by atoms with van der Waals surface area (Å²) in [6, 6.07) is 10.7. The number of anilines is 4. The molecule has 0 radical (unpaired) electrons. The topological polar surface area (TPSA) is 116 Å². The van der Waals surface area contributed by atoms with E-state index in [-0.39, 0.29) is 23.6 Å². The molecule has 0 bridgehead atoms. The molecule has 0 spiro atoms. The summed E-state index contributed by atoms with van der Waals surface area (Å²) in [4.78, 5) is 53.2. The van der Waals surface area contributed by atoms with Crippen molar-refractivity contribution in [2.24, 2.45) is 21.7 Å². The first-order valence-electron chi connectivity index (χ1n) is 13.9. The van der Waals surface area contributed by atoms with Crippen LogP contribution in [0.15, 0.2) is 46.2 Å². The lowest BCUT2D eigenvalue weighted by Crippen LogP contribution is -2.29. The standard InChI is InChI=1S/C32H46N4O4S2/c1-29(2,3)25(37)33-19-15-13-16-20(34-26(38)30(4,5)6)23(19)41-42-24-21(35-27(39)31(7,8)9)17-14-18-22(24)36-28(40)32(10,11)12/h13-18H,1-12H3,(H,33,37)(H,34,38)(H,35,39)(H,36,40). The molecule has 4 N–H and O–H groups in total. The summed E-state index contributed by atoms with van der Waals surface area (Å²) in [5, 5.41) is 12.0. The summed E-state index contributed by atoms with van der Waals surface area (Å²) in [7, 11) is 2.63. The maximum atomic E-state index is 13.0. The van der Waals surface area contributed by atoms with Crippen molar-refractivity contribution < 1.29 is 19.2 Å². The molecule has 0 aliphatic carbocycles. The monoisotopic (exact) mass is 614 g/mol. The molecule has 2 aromatic carbocycles. The van der Waals surface area contributed by atoms with Crippen molar-refractivity contribution in [3.05, 3.63) is 36.4 Å². The van der Waals surface area contributed by atoms with E-state index in [0.29, 0.717) is 32.5 Å². The fraction of sp³-hybridized carbons (Fsp3) is 0.500. The lowest BCUT2D eigenvalue weighted by atomic mass is 9.95. The molecule has 42 heavy (non-hydrogen) atoms. The number of benzene rings is 2. The van der Waals surface area contributed by atoms with Crippen LogP contribution >= 0.6 is 21.6 Å². The Hall–Kier alpha value is -2.98. The maximum Gasteiger partial charge on any atom is 0.229 e. The van der Waals surface area contributed by atoms with Crippen molar-refractivity contribution >= 4 is 68.0 Å².